The van der Waals surface area contributed by atoms with Crippen LogP contribution in [0.15, 0.2) is 70.3 Å². The van der Waals surface area contributed by atoms with Gasteiger partial charge in [-0.15, -0.1) is 11.3 Å². The molecule has 1 fully saturated rings. The van der Waals surface area contributed by atoms with E-state index in [0.29, 0.717) is 42.5 Å². The summed E-state index contributed by atoms with van der Waals surface area (Å²) < 4.78 is 45.9. The first-order valence-corrected chi connectivity index (χ1v) is 13.0. The van der Waals surface area contributed by atoms with Gasteiger partial charge >= 0.3 is 0 Å². The van der Waals surface area contributed by atoms with Gasteiger partial charge in [-0.2, -0.15) is 4.31 Å². The molecule has 33 heavy (non-hydrogen) atoms. The van der Waals surface area contributed by atoms with Gasteiger partial charge in [0.1, 0.15) is 22.4 Å². The summed E-state index contributed by atoms with van der Waals surface area (Å²) in [6.45, 7) is 1.32. The van der Waals surface area contributed by atoms with Crippen LogP contribution in [0, 0.1) is 11.7 Å². The Morgan fingerprint density at radius 3 is 2.52 bits per heavy atom. The molecule has 1 saturated heterocycles. The van der Waals surface area contributed by atoms with Gasteiger partial charge in [-0.1, -0.05) is 30.3 Å². The van der Waals surface area contributed by atoms with E-state index in [1.165, 1.54) is 27.8 Å². The molecule has 1 amide bonds. The Bertz CT molecular complexity index is 1160. The van der Waals surface area contributed by atoms with Crippen molar-refractivity contribution in [2.75, 3.05) is 13.1 Å². The first kappa shape index (κ1) is 23.4. The summed E-state index contributed by atoms with van der Waals surface area (Å²) in [5.74, 6) is -0.115. The molecule has 1 aliphatic heterocycles. The van der Waals surface area contributed by atoms with Crippen molar-refractivity contribution in [1.82, 2.24) is 9.62 Å². The van der Waals surface area contributed by atoms with Crippen molar-refractivity contribution < 1.29 is 22.3 Å². The highest BCUT2D eigenvalue weighted by Crippen LogP contribution is 2.26. The molecule has 2 aromatic carbocycles. The molecule has 0 unspecified atom stereocenters. The van der Waals surface area contributed by atoms with Crippen LogP contribution in [0.4, 0.5) is 4.39 Å². The predicted octanol–water partition coefficient (Wildman–Crippen LogP) is 4.18. The number of nitrogens with one attached hydrogen (secondary N) is 1. The summed E-state index contributed by atoms with van der Waals surface area (Å²) in [5, 5.41) is 4.66. The fourth-order valence-electron chi connectivity index (χ4n) is 3.70. The first-order chi connectivity index (χ1) is 15.9. The number of ether oxygens (including phenoxy) is 1. The maximum absolute atomic E-state index is 13.0. The van der Waals surface area contributed by atoms with Crippen LogP contribution in [0.2, 0.25) is 0 Å². The molecule has 1 N–H and O–H groups in total. The second kappa shape index (κ2) is 10.5. The maximum Gasteiger partial charge on any atom is 0.252 e. The molecule has 2 heterocycles. The molecule has 9 heteroatoms. The number of carbonyl (C=O) groups excluding carboxylic acids is 1. The third kappa shape index (κ3) is 5.98. The highest BCUT2D eigenvalue weighted by molar-refractivity contribution is 7.91. The predicted molar refractivity (Wildman–Crippen MR) is 125 cm³/mol. The van der Waals surface area contributed by atoms with Crippen LogP contribution >= 0.6 is 11.3 Å². The summed E-state index contributed by atoms with van der Waals surface area (Å²) >= 11 is 1.19. The van der Waals surface area contributed by atoms with Gasteiger partial charge in [-0.3, -0.25) is 4.79 Å². The second-order valence-electron chi connectivity index (χ2n) is 7.91. The average Bonchev–Trinajstić information content (AvgIpc) is 3.39. The molecule has 0 aliphatic carbocycles. The number of halogens is 1. The Morgan fingerprint density at radius 1 is 1.09 bits per heavy atom. The van der Waals surface area contributed by atoms with Gasteiger partial charge in [0, 0.05) is 19.6 Å². The molecule has 4 rings (SSSR count). The highest BCUT2D eigenvalue weighted by atomic mass is 32.2. The quantitative estimate of drug-likeness (QED) is 0.516. The molecule has 1 aliphatic rings. The number of rotatable bonds is 8. The summed E-state index contributed by atoms with van der Waals surface area (Å²) in [4.78, 5) is 12.7. The number of hydrogen-bond donors (Lipinski definition) is 1. The zero-order chi connectivity index (χ0) is 23.3. The molecule has 6 nitrogen and oxygen atoms in total. The Kier molecular flexibility index (Phi) is 7.42. The summed E-state index contributed by atoms with van der Waals surface area (Å²) in [5.41, 5.74) is 1.78. The molecular formula is C24H25FN2O4S2. The zero-order valence-corrected chi connectivity index (χ0v) is 19.6. The number of amides is 1. The van der Waals surface area contributed by atoms with Gasteiger partial charge in [-0.05, 0) is 59.7 Å². The molecule has 174 valence electrons. The van der Waals surface area contributed by atoms with E-state index >= 15 is 0 Å². The Hall–Kier alpha value is -2.75. The molecule has 0 bridgehead atoms. The highest BCUT2D eigenvalue weighted by Gasteiger charge is 2.33. The van der Waals surface area contributed by atoms with Crippen LogP contribution in [-0.4, -0.2) is 31.7 Å². The lowest BCUT2D eigenvalue weighted by Crippen LogP contribution is -2.45. The SMILES string of the molecule is O=C(NCc1ccc(OCc2ccc(F)cc2)cc1)[C@@H]1CCCN(S(=O)(=O)c2cccs2)C1. The monoisotopic (exact) mass is 488 g/mol. The molecule has 0 spiro atoms. The molecule has 3 aromatic rings. The Morgan fingerprint density at radius 2 is 1.82 bits per heavy atom. The van der Waals surface area contributed by atoms with Crippen molar-refractivity contribution in [2.24, 2.45) is 5.92 Å². The van der Waals surface area contributed by atoms with Crippen molar-refractivity contribution >= 4 is 27.3 Å². The number of sulfonamides is 1. The molecule has 0 saturated carbocycles. The van der Waals surface area contributed by atoms with Gasteiger partial charge < -0.3 is 10.1 Å². The maximum atomic E-state index is 13.0. The van der Waals surface area contributed by atoms with E-state index in [-0.39, 0.29) is 24.2 Å². The summed E-state index contributed by atoms with van der Waals surface area (Å²) in [6, 6.07) is 16.8. The van der Waals surface area contributed by atoms with Crippen molar-refractivity contribution in [3.8, 4) is 5.75 Å². The first-order valence-electron chi connectivity index (χ1n) is 10.7. The minimum atomic E-state index is -3.55. The van der Waals surface area contributed by atoms with E-state index < -0.39 is 10.0 Å². The summed E-state index contributed by atoms with van der Waals surface area (Å²) in [6.07, 6.45) is 1.32. The van der Waals surface area contributed by atoms with E-state index in [1.807, 2.05) is 24.3 Å². The smallest absolute Gasteiger partial charge is 0.252 e. The van der Waals surface area contributed by atoms with Gasteiger partial charge in [0.05, 0.1) is 5.92 Å². The number of nitrogens with zero attached hydrogens (tertiary/aromatic N) is 1. The van der Waals surface area contributed by atoms with Crippen LogP contribution in [0.5, 0.6) is 5.75 Å². The Labute approximate surface area is 197 Å². The van der Waals surface area contributed by atoms with Crippen LogP contribution in [0.3, 0.4) is 0 Å². The van der Waals surface area contributed by atoms with Crippen molar-refractivity contribution in [3.63, 3.8) is 0 Å². The Balaban J connectivity index is 1.27. The lowest BCUT2D eigenvalue weighted by molar-refractivity contribution is -0.126. The normalized spacial score (nSPS) is 16.9. The van der Waals surface area contributed by atoms with Crippen molar-refractivity contribution in [1.29, 1.82) is 0 Å². The molecule has 0 radical (unpaired) electrons. The van der Waals surface area contributed by atoms with Crippen LogP contribution in [0.1, 0.15) is 24.0 Å². The van der Waals surface area contributed by atoms with Gasteiger partial charge in [0.2, 0.25) is 5.91 Å². The minimum absolute atomic E-state index is 0.141. The average molecular weight is 489 g/mol. The van der Waals surface area contributed by atoms with Crippen LogP contribution in [-0.2, 0) is 28.0 Å². The zero-order valence-electron chi connectivity index (χ0n) is 17.9. The third-order valence-corrected chi connectivity index (χ3v) is 8.79. The molecular weight excluding hydrogens is 463 g/mol. The van der Waals surface area contributed by atoms with Crippen LogP contribution in [0.25, 0.3) is 0 Å². The third-order valence-electron chi connectivity index (χ3n) is 5.55. The van der Waals surface area contributed by atoms with E-state index in [1.54, 1.807) is 29.6 Å². The fourth-order valence-corrected chi connectivity index (χ4v) is 6.36. The van der Waals surface area contributed by atoms with Gasteiger partial charge in [0.15, 0.2) is 0 Å². The summed E-state index contributed by atoms with van der Waals surface area (Å²) in [7, 11) is -3.55. The van der Waals surface area contributed by atoms with E-state index in [2.05, 4.69) is 5.32 Å². The largest absolute Gasteiger partial charge is 0.489 e. The van der Waals surface area contributed by atoms with Crippen molar-refractivity contribution in [2.45, 2.75) is 30.2 Å². The van der Waals surface area contributed by atoms with Gasteiger partial charge in [0.25, 0.3) is 10.0 Å². The lowest BCUT2D eigenvalue weighted by Gasteiger charge is -2.30. The van der Waals surface area contributed by atoms with E-state index in [9.17, 15) is 17.6 Å². The van der Waals surface area contributed by atoms with Crippen molar-refractivity contribution in [3.05, 3.63) is 83.0 Å². The minimum Gasteiger partial charge on any atom is -0.489 e. The number of carbonyl (C=O) groups is 1. The number of benzene rings is 2. The topological polar surface area (TPSA) is 75.7 Å². The van der Waals surface area contributed by atoms with Crippen LogP contribution < -0.4 is 10.1 Å². The van der Waals surface area contributed by atoms with E-state index in [0.717, 1.165) is 11.1 Å². The molecule has 1 aromatic heterocycles. The van der Waals surface area contributed by atoms with E-state index in [4.69, 9.17) is 4.74 Å². The number of thiophene rings is 1. The number of hydrogen-bond acceptors (Lipinski definition) is 5. The van der Waals surface area contributed by atoms with Gasteiger partial charge in [-0.25, -0.2) is 12.8 Å². The number of piperidine rings is 1. The standard InChI is InChI=1S/C24H25FN2O4S2/c25-21-9-5-19(6-10-21)17-31-22-11-7-18(8-12-22)15-26-24(28)20-3-1-13-27(16-20)33(29,30)23-4-2-14-32-23/h2,4-12,14,20H,1,3,13,15-17H2,(H,26,28)/t20-/m1/s1. The molecule has 1 atom stereocenters. The lowest BCUT2D eigenvalue weighted by atomic mass is 9.99. The second-order valence-corrected chi connectivity index (χ2v) is 11.0. The fraction of sp³-hybridized carbons (Fsp3) is 0.292.